The van der Waals surface area contributed by atoms with Crippen molar-refractivity contribution < 1.29 is 9.52 Å². The lowest BCUT2D eigenvalue weighted by atomic mass is 10.3. The van der Waals surface area contributed by atoms with Crippen LogP contribution < -0.4 is 5.63 Å². The third-order valence-electron chi connectivity index (χ3n) is 1.19. The van der Waals surface area contributed by atoms with Crippen LogP contribution >= 0.6 is 22.6 Å². The van der Waals surface area contributed by atoms with Gasteiger partial charge in [-0.1, -0.05) is 0 Å². The molecule has 60 valence electrons. The van der Waals surface area contributed by atoms with Gasteiger partial charge in [0.15, 0.2) is 0 Å². The Balaban J connectivity index is 3.02. The normalized spacial score (nSPS) is 10.0. The lowest BCUT2D eigenvalue weighted by Gasteiger charge is -1.97. The zero-order valence-corrected chi connectivity index (χ0v) is 7.87. The van der Waals surface area contributed by atoms with Gasteiger partial charge in [0.1, 0.15) is 5.76 Å². The number of hydrogen-bond donors (Lipinski definition) is 1. The molecule has 4 heteroatoms. The predicted octanol–water partition coefficient (Wildman–Crippen LogP) is 0.779. The fraction of sp³-hybridized carbons (Fsp3) is 0.286. The molecule has 0 saturated carbocycles. The molecule has 1 aromatic rings. The van der Waals surface area contributed by atoms with Crippen molar-refractivity contribution in [2.24, 2.45) is 0 Å². The first-order chi connectivity index (χ1) is 5.24. The molecular formula is C7H7IO3. The smallest absolute Gasteiger partial charge is 0.335 e. The van der Waals surface area contributed by atoms with E-state index in [-0.39, 0.29) is 12.2 Å². The molecule has 0 aliphatic heterocycles. The Hall–Kier alpha value is -0.360. The molecule has 0 bridgehead atoms. The van der Waals surface area contributed by atoms with Crippen LogP contribution in [0.15, 0.2) is 21.3 Å². The van der Waals surface area contributed by atoms with E-state index in [2.05, 4.69) is 22.6 Å². The highest BCUT2D eigenvalue weighted by Crippen LogP contribution is 2.08. The lowest BCUT2D eigenvalue weighted by Crippen LogP contribution is -2.02. The summed E-state index contributed by atoms with van der Waals surface area (Å²) in [4.78, 5) is 10.7. The van der Waals surface area contributed by atoms with Crippen LogP contribution in [-0.4, -0.2) is 11.7 Å². The second kappa shape index (κ2) is 3.87. The van der Waals surface area contributed by atoms with Crippen LogP contribution in [0.25, 0.3) is 0 Å². The van der Waals surface area contributed by atoms with Crippen molar-refractivity contribution in [1.29, 1.82) is 0 Å². The highest BCUT2D eigenvalue weighted by atomic mass is 127. The molecule has 0 saturated heterocycles. The van der Waals surface area contributed by atoms with Gasteiger partial charge in [0.05, 0.1) is 10.2 Å². The largest absolute Gasteiger partial charge is 0.427 e. The highest BCUT2D eigenvalue weighted by Gasteiger charge is 2.01. The van der Waals surface area contributed by atoms with E-state index in [0.717, 1.165) is 3.57 Å². The van der Waals surface area contributed by atoms with E-state index in [4.69, 9.17) is 9.52 Å². The van der Waals surface area contributed by atoms with Crippen molar-refractivity contribution in [3.05, 3.63) is 31.9 Å². The maximum absolute atomic E-state index is 10.7. The van der Waals surface area contributed by atoms with Gasteiger partial charge in [-0.3, -0.25) is 0 Å². The molecule has 0 atom stereocenters. The Morgan fingerprint density at radius 2 is 2.27 bits per heavy atom. The Morgan fingerprint density at radius 1 is 1.55 bits per heavy atom. The van der Waals surface area contributed by atoms with E-state index in [1.807, 2.05) is 0 Å². The van der Waals surface area contributed by atoms with Gasteiger partial charge in [-0.2, -0.15) is 0 Å². The number of aliphatic hydroxyl groups is 1. The van der Waals surface area contributed by atoms with E-state index < -0.39 is 0 Å². The summed E-state index contributed by atoms with van der Waals surface area (Å²) in [6, 6.07) is 3.04. The molecule has 1 heterocycles. The zero-order chi connectivity index (χ0) is 8.27. The van der Waals surface area contributed by atoms with Crippen LogP contribution in [0.5, 0.6) is 0 Å². The molecule has 0 amide bonds. The molecule has 0 spiro atoms. The minimum absolute atomic E-state index is 0.00293. The molecule has 0 aliphatic carbocycles. The quantitative estimate of drug-likeness (QED) is 0.805. The summed E-state index contributed by atoms with van der Waals surface area (Å²) in [5.41, 5.74) is -0.367. The average Bonchev–Trinajstić information content (AvgIpc) is 1.98. The summed E-state index contributed by atoms with van der Waals surface area (Å²) < 4.78 is 5.70. The number of halogens is 1. The van der Waals surface area contributed by atoms with Crippen molar-refractivity contribution in [2.75, 3.05) is 6.61 Å². The summed E-state index contributed by atoms with van der Waals surface area (Å²) in [5.74, 6) is 0.556. The third kappa shape index (κ3) is 2.30. The summed E-state index contributed by atoms with van der Waals surface area (Å²) in [5, 5.41) is 8.57. The summed E-state index contributed by atoms with van der Waals surface area (Å²) in [7, 11) is 0. The molecule has 11 heavy (non-hydrogen) atoms. The Kier molecular flexibility index (Phi) is 3.07. The molecule has 1 rings (SSSR count). The average molecular weight is 266 g/mol. The first kappa shape index (κ1) is 8.73. The van der Waals surface area contributed by atoms with Gasteiger partial charge in [0.25, 0.3) is 0 Å². The maximum atomic E-state index is 10.7. The van der Waals surface area contributed by atoms with Crippen LogP contribution in [0.3, 0.4) is 0 Å². The first-order valence-corrected chi connectivity index (χ1v) is 4.21. The SMILES string of the molecule is O=c1ccc(I)c(CCO)o1. The molecule has 1 N–H and O–H groups in total. The van der Waals surface area contributed by atoms with Crippen molar-refractivity contribution in [2.45, 2.75) is 6.42 Å². The van der Waals surface area contributed by atoms with Gasteiger partial charge >= 0.3 is 5.63 Å². The van der Waals surface area contributed by atoms with E-state index >= 15 is 0 Å². The number of aliphatic hydroxyl groups excluding tert-OH is 1. The molecule has 0 radical (unpaired) electrons. The van der Waals surface area contributed by atoms with Crippen molar-refractivity contribution in [3.8, 4) is 0 Å². The zero-order valence-electron chi connectivity index (χ0n) is 5.71. The minimum atomic E-state index is -0.367. The van der Waals surface area contributed by atoms with E-state index in [1.165, 1.54) is 6.07 Å². The molecular weight excluding hydrogens is 259 g/mol. The second-order valence-electron chi connectivity index (χ2n) is 2.00. The molecule has 0 aromatic carbocycles. The van der Waals surface area contributed by atoms with Gasteiger partial charge in [-0.25, -0.2) is 4.79 Å². The van der Waals surface area contributed by atoms with Gasteiger partial charge in [0.2, 0.25) is 0 Å². The maximum Gasteiger partial charge on any atom is 0.335 e. The fourth-order valence-electron chi connectivity index (χ4n) is 0.710. The van der Waals surface area contributed by atoms with E-state index in [0.29, 0.717) is 12.2 Å². The van der Waals surface area contributed by atoms with Crippen LogP contribution in [0, 0.1) is 3.57 Å². The lowest BCUT2D eigenvalue weighted by molar-refractivity contribution is 0.283. The van der Waals surface area contributed by atoms with E-state index in [9.17, 15) is 4.79 Å². The molecule has 0 unspecified atom stereocenters. The topological polar surface area (TPSA) is 50.4 Å². The van der Waals surface area contributed by atoms with Crippen molar-refractivity contribution in [1.82, 2.24) is 0 Å². The Bertz CT molecular complexity index is 292. The first-order valence-electron chi connectivity index (χ1n) is 3.13. The molecule has 3 nitrogen and oxygen atoms in total. The van der Waals surface area contributed by atoms with E-state index in [1.54, 1.807) is 6.07 Å². The van der Waals surface area contributed by atoms with Crippen LogP contribution in [-0.2, 0) is 6.42 Å². The predicted molar refractivity (Wildman–Crippen MR) is 48.5 cm³/mol. The third-order valence-corrected chi connectivity index (χ3v) is 2.16. The van der Waals surface area contributed by atoms with Crippen LogP contribution in [0.2, 0.25) is 0 Å². The minimum Gasteiger partial charge on any atom is -0.427 e. The second-order valence-corrected chi connectivity index (χ2v) is 3.16. The molecule has 0 fully saturated rings. The summed E-state index contributed by atoms with van der Waals surface area (Å²) in [6.45, 7) is 0.00293. The number of hydrogen-bond acceptors (Lipinski definition) is 3. The van der Waals surface area contributed by atoms with Gasteiger partial charge in [-0.05, 0) is 28.7 Å². The summed E-state index contributed by atoms with van der Waals surface area (Å²) >= 11 is 2.06. The van der Waals surface area contributed by atoms with Crippen LogP contribution in [0.1, 0.15) is 5.76 Å². The Labute approximate surface area is 77.2 Å². The highest BCUT2D eigenvalue weighted by molar-refractivity contribution is 14.1. The van der Waals surface area contributed by atoms with Crippen LogP contribution in [0.4, 0.5) is 0 Å². The fourth-order valence-corrected chi connectivity index (χ4v) is 1.27. The number of rotatable bonds is 2. The molecule has 1 aromatic heterocycles. The van der Waals surface area contributed by atoms with Gasteiger partial charge in [0, 0.05) is 12.5 Å². The standard InChI is InChI=1S/C7H7IO3/c8-5-1-2-7(10)11-6(5)3-4-9/h1-2,9H,3-4H2. The van der Waals surface area contributed by atoms with Crippen molar-refractivity contribution >= 4 is 22.6 Å². The molecule has 0 aliphatic rings. The van der Waals surface area contributed by atoms with Gasteiger partial charge in [-0.15, -0.1) is 0 Å². The van der Waals surface area contributed by atoms with Crippen molar-refractivity contribution in [3.63, 3.8) is 0 Å². The Morgan fingerprint density at radius 3 is 2.91 bits per heavy atom. The summed E-state index contributed by atoms with van der Waals surface area (Å²) in [6.07, 6.45) is 0.397. The monoisotopic (exact) mass is 266 g/mol. The van der Waals surface area contributed by atoms with Gasteiger partial charge < -0.3 is 9.52 Å².